The van der Waals surface area contributed by atoms with Gasteiger partial charge in [0.05, 0.1) is 6.54 Å². The number of hydrogen-bond acceptors (Lipinski definition) is 7. The van der Waals surface area contributed by atoms with E-state index in [0.29, 0.717) is 25.1 Å². The van der Waals surface area contributed by atoms with E-state index in [0.717, 1.165) is 50.3 Å². The third-order valence-electron chi connectivity index (χ3n) is 7.61. The van der Waals surface area contributed by atoms with Crippen LogP contribution in [0.1, 0.15) is 62.4 Å². The summed E-state index contributed by atoms with van der Waals surface area (Å²) in [6.07, 6.45) is 2.74. The summed E-state index contributed by atoms with van der Waals surface area (Å²) in [6, 6.07) is 5.35. The van der Waals surface area contributed by atoms with Gasteiger partial charge in [-0.05, 0) is 76.9 Å². The van der Waals surface area contributed by atoms with Gasteiger partial charge in [-0.1, -0.05) is 0 Å². The number of rotatable bonds is 4. The highest BCUT2D eigenvalue weighted by molar-refractivity contribution is 6.05. The molecule has 0 aliphatic carbocycles. The molecule has 1 aromatic carbocycles. The molecule has 9 heteroatoms. The summed E-state index contributed by atoms with van der Waals surface area (Å²) in [6.45, 7) is 10.1. The van der Waals surface area contributed by atoms with Crippen LogP contribution in [0.4, 0.5) is 5.69 Å². The van der Waals surface area contributed by atoms with E-state index >= 15 is 0 Å². The summed E-state index contributed by atoms with van der Waals surface area (Å²) in [7, 11) is 0. The molecule has 1 atom stereocenters. The standard InChI is InChI=1S/C26H34N4O5/c1-25(2,3)35-22(32)14-28-10-8-26(9-11-28)15-29(16-26)18-4-5-19-17(12-18)13-30(24(19)34)20-6-7-21(31)27-23(20)33/h4-5,12,20H,6-11,13-16H2,1-3H3,(H,27,31,33). The highest BCUT2D eigenvalue weighted by Crippen LogP contribution is 2.43. The number of likely N-dealkylation sites (tertiary alicyclic amines) is 1. The molecule has 0 saturated carbocycles. The molecule has 3 fully saturated rings. The summed E-state index contributed by atoms with van der Waals surface area (Å²) in [5.41, 5.74) is 2.50. The molecule has 1 spiro atoms. The largest absolute Gasteiger partial charge is 0.459 e. The number of fused-ring (bicyclic) bond motifs is 1. The van der Waals surface area contributed by atoms with Crippen molar-refractivity contribution in [2.24, 2.45) is 5.41 Å². The molecular weight excluding hydrogens is 448 g/mol. The maximum atomic E-state index is 12.9. The number of ether oxygens (including phenoxy) is 1. The number of carbonyl (C=O) groups excluding carboxylic acids is 4. The van der Waals surface area contributed by atoms with Gasteiger partial charge in [0.1, 0.15) is 11.6 Å². The lowest BCUT2D eigenvalue weighted by Crippen LogP contribution is -2.60. The zero-order chi connectivity index (χ0) is 25.0. The Hall–Kier alpha value is -2.94. The van der Waals surface area contributed by atoms with Crippen molar-refractivity contribution in [3.8, 4) is 0 Å². The summed E-state index contributed by atoms with van der Waals surface area (Å²) < 4.78 is 5.46. The minimum atomic E-state index is -0.589. The van der Waals surface area contributed by atoms with E-state index in [2.05, 4.69) is 21.2 Å². The third-order valence-corrected chi connectivity index (χ3v) is 7.61. The fourth-order valence-electron chi connectivity index (χ4n) is 5.76. The van der Waals surface area contributed by atoms with Gasteiger partial charge in [0.25, 0.3) is 5.91 Å². The van der Waals surface area contributed by atoms with E-state index in [-0.39, 0.29) is 35.5 Å². The van der Waals surface area contributed by atoms with Crippen molar-refractivity contribution < 1.29 is 23.9 Å². The first kappa shape index (κ1) is 23.8. The number of hydrogen-bond donors (Lipinski definition) is 1. The van der Waals surface area contributed by atoms with Gasteiger partial charge in [0.15, 0.2) is 0 Å². The summed E-state index contributed by atoms with van der Waals surface area (Å²) in [5, 5.41) is 2.35. The van der Waals surface area contributed by atoms with Crippen molar-refractivity contribution in [1.82, 2.24) is 15.1 Å². The molecule has 3 amide bonds. The maximum absolute atomic E-state index is 12.9. The number of piperidine rings is 2. The number of benzene rings is 1. The predicted octanol–water partition coefficient (Wildman–Crippen LogP) is 1.69. The fraction of sp³-hybridized carbons (Fsp3) is 0.615. The first-order valence-electron chi connectivity index (χ1n) is 12.5. The van der Waals surface area contributed by atoms with E-state index in [4.69, 9.17) is 4.74 Å². The monoisotopic (exact) mass is 482 g/mol. The zero-order valence-corrected chi connectivity index (χ0v) is 20.8. The van der Waals surface area contributed by atoms with Gasteiger partial charge in [-0.2, -0.15) is 0 Å². The molecular formula is C26H34N4O5. The Morgan fingerprint density at radius 2 is 1.86 bits per heavy atom. The van der Waals surface area contributed by atoms with Crippen molar-refractivity contribution in [1.29, 1.82) is 0 Å². The van der Waals surface area contributed by atoms with Crippen LogP contribution in [-0.4, -0.2) is 77.9 Å². The van der Waals surface area contributed by atoms with E-state index in [9.17, 15) is 19.2 Å². The van der Waals surface area contributed by atoms with Crippen LogP contribution in [0.5, 0.6) is 0 Å². The molecule has 4 heterocycles. The summed E-state index contributed by atoms with van der Waals surface area (Å²) >= 11 is 0. The molecule has 4 aliphatic heterocycles. The van der Waals surface area contributed by atoms with Crippen LogP contribution in [0.3, 0.4) is 0 Å². The van der Waals surface area contributed by atoms with Gasteiger partial charge >= 0.3 is 5.97 Å². The highest BCUT2D eigenvalue weighted by Gasteiger charge is 2.46. The molecule has 5 rings (SSSR count). The van der Waals surface area contributed by atoms with Crippen LogP contribution >= 0.6 is 0 Å². The van der Waals surface area contributed by atoms with Gasteiger partial charge in [-0.25, -0.2) is 0 Å². The minimum absolute atomic E-state index is 0.140. The molecule has 0 aromatic heterocycles. The number of esters is 1. The Kier molecular flexibility index (Phi) is 5.86. The molecule has 1 N–H and O–H groups in total. The molecule has 3 saturated heterocycles. The van der Waals surface area contributed by atoms with Gasteiger partial charge in [-0.3, -0.25) is 29.4 Å². The molecule has 35 heavy (non-hydrogen) atoms. The van der Waals surface area contributed by atoms with E-state index in [1.165, 1.54) is 0 Å². The van der Waals surface area contributed by atoms with Crippen molar-refractivity contribution in [3.63, 3.8) is 0 Å². The second-order valence-corrected chi connectivity index (χ2v) is 11.5. The molecule has 4 aliphatic rings. The molecule has 0 radical (unpaired) electrons. The third kappa shape index (κ3) is 4.78. The number of anilines is 1. The van der Waals surface area contributed by atoms with Crippen molar-refractivity contribution in [2.45, 2.75) is 64.6 Å². The SMILES string of the molecule is CC(C)(C)OC(=O)CN1CCC2(CC1)CN(c1ccc3c(c1)CN(C1CCC(=O)NC1=O)C3=O)C2. The zero-order valence-electron chi connectivity index (χ0n) is 20.8. The Bertz CT molecular complexity index is 1060. The van der Waals surface area contributed by atoms with Gasteiger partial charge < -0.3 is 14.5 Å². The smallest absolute Gasteiger partial charge is 0.320 e. The maximum Gasteiger partial charge on any atom is 0.320 e. The first-order valence-corrected chi connectivity index (χ1v) is 12.5. The van der Waals surface area contributed by atoms with Crippen LogP contribution in [0.2, 0.25) is 0 Å². The molecule has 9 nitrogen and oxygen atoms in total. The summed E-state index contributed by atoms with van der Waals surface area (Å²) in [5.74, 6) is -0.966. The average molecular weight is 483 g/mol. The normalized spacial score (nSPS) is 24.3. The number of nitrogens with one attached hydrogen (secondary N) is 1. The molecule has 1 unspecified atom stereocenters. The highest BCUT2D eigenvalue weighted by atomic mass is 16.6. The number of imide groups is 1. The van der Waals surface area contributed by atoms with E-state index in [1.807, 2.05) is 32.9 Å². The Labute approximate surface area is 205 Å². The lowest BCUT2D eigenvalue weighted by molar-refractivity contribution is -0.156. The Morgan fingerprint density at radius 1 is 1.14 bits per heavy atom. The van der Waals surface area contributed by atoms with Gasteiger partial charge in [0.2, 0.25) is 11.8 Å². The van der Waals surface area contributed by atoms with Gasteiger partial charge in [-0.15, -0.1) is 0 Å². The minimum Gasteiger partial charge on any atom is -0.459 e. The van der Waals surface area contributed by atoms with Crippen LogP contribution in [0, 0.1) is 5.41 Å². The lowest BCUT2D eigenvalue weighted by atomic mass is 9.71. The Balaban J connectivity index is 1.15. The lowest BCUT2D eigenvalue weighted by Gasteiger charge is -2.55. The average Bonchev–Trinajstić information content (AvgIpc) is 3.07. The fourth-order valence-corrected chi connectivity index (χ4v) is 5.76. The Morgan fingerprint density at radius 3 is 2.51 bits per heavy atom. The molecule has 188 valence electrons. The van der Waals surface area contributed by atoms with Crippen molar-refractivity contribution >= 4 is 29.4 Å². The number of carbonyl (C=O) groups is 4. The number of nitrogens with zero attached hydrogens (tertiary/aromatic N) is 3. The summed E-state index contributed by atoms with van der Waals surface area (Å²) in [4.78, 5) is 54.9. The topological polar surface area (TPSA) is 99.3 Å². The van der Waals surface area contributed by atoms with Crippen LogP contribution in [0.15, 0.2) is 18.2 Å². The van der Waals surface area contributed by atoms with Crippen LogP contribution < -0.4 is 10.2 Å². The van der Waals surface area contributed by atoms with Crippen LogP contribution in [0.25, 0.3) is 0 Å². The van der Waals surface area contributed by atoms with Crippen molar-refractivity contribution in [3.05, 3.63) is 29.3 Å². The van der Waals surface area contributed by atoms with Crippen LogP contribution in [-0.2, 0) is 25.7 Å². The molecule has 1 aromatic rings. The first-order chi connectivity index (χ1) is 16.5. The second kappa shape index (κ2) is 8.62. The predicted molar refractivity (Wildman–Crippen MR) is 129 cm³/mol. The molecule has 0 bridgehead atoms. The second-order valence-electron chi connectivity index (χ2n) is 11.5. The number of amides is 3. The van der Waals surface area contributed by atoms with Gasteiger partial charge in [0, 0.05) is 42.7 Å². The van der Waals surface area contributed by atoms with Crippen molar-refractivity contribution in [2.75, 3.05) is 37.6 Å². The van der Waals surface area contributed by atoms with E-state index in [1.54, 1.807) is 4.90 Å². The van der Waals surface area contributed by atoms with E-state index < -0.39 is 11.6 Å². The quantitative estimate of drug-likeness (QED) is 0.515.